The van der Waals surface area contributed by atoms with Crippen LogP contribution >= 0.6 is 46.4 Å². The van der Waals surface area contributed by atoms with Gasteiger partial charge >= 0.3 is 6.03 Å². The number of halogens is 4. The lowest BCUT2D eigenvalue weighted by Crippen LogP contribution is -2.66. The molecule has 0 bridgehead atoms. The highest BCUT2D eigenvalue weighted by atomic mass is 35.5. The first-order valence-electron chi connectivity index (χ1n) is 40.0. The number of benzene rings is 6. The summed E-state index contributed by atoms with van der Waals surface area (Å²) in [4.78, 5) is 53.4. The zero-order chi connectivity index (χ0) is 81.9. The Labute approximate surface area is 700 Å². The number of nitrogens with one attached hydrogen (secondary N) is 6. The Kier molecular flexibility index (Phi) is 22.9. The third kappa shape index (κ3) is 16.5. The number of hydrogen-bond donors (Lipinski definition) is 6. The maximum Gasteiger partial charge on any atom is 0.324 e. The number of fused-ring (bicyclic) bond motifs is 5. The molecule has 0 unspecified atom stereocenters. The minimum atomic E-state index is -3.23. The summed E-state index contributed by atoms with van der Waals surface area (Å²) < 4.78 is 57.4. The predicted octanol–water partition coefficient (Wildman–Crippen LogP) is 12.6. The van der Waals surface area contributed by atoms with E-state index >= 15 is 0 Å². The van der Waals surface area contributed by atoms with E-state index in [1.165, 1.54) is 47.9 Å². The number of amides is 4. The molecular formula is C82H99Cl4N21O8S2. The molecule has 3 spiro atoms. The second-order valence-corrected chi connectivity index (χ2v) is 38.6. The molecule has 7 aliphatic heterocycles. The molecule has 5 aromatic heterocycles. The lowest BCUT2D eigenvalue weighted by atomic mass is 9.73. The minimum absolute atomic E-state index is 0.0163. The molecule has 620 valence electrons. The van der Waals surface area contributed by atoms with E-state index in [2.05, 4.69) is 139 Å². The van der Waals surface area contributed by atoms with Crippen molar-refractivity contribution < 1.29 is 36.0 Å². The molecule has 0 atom stereocenters. The first kappa shape index (κ1) is 81.6. The third-order valence-electron chi connectivity index (χ3n) is 25.4. The van der Waals surface area contributed by atoms with Gasteiger partial charge < -0.3 is 43.9 Å². The van der Waals surface area contributed by atoms with Crippen LogP contribution in [0.5, 0.6) is 0 Å². The summed E-state index contributed by atoms with van der Waals surface area (Å²) in [5, 5.41) is 46.2. The van der Waals surface area contributed by atoms with E-state index in [4.69, 9.17) is 51.1 Å². The first-order chi connectivity index (χ1) is 56.1. The molecule has 9 fully saturated rings. The molecule has 12 heterocycles. The van der Waals surface area contributed by atoms with Gasteiger partial charge in [0.15, 0.2) is 0 Å². The largest absolute Gasteiger partial charge is 0.378 e. The summed E-state index contributed by atoms with van der Waals surface area (Å²) in [6, 6.07) is 30.3. The smallest absolute Gasteiger partial charge is 0.324 e. The normalized spacial score (nSPS) is 20.3. The molecule has 7 saturated heterocycles. The van der Waals surface area contributed by atoms with Gasteiger partial charge in [-0.05, 0) is 150 Å². The Morgan fingerprint density at radius 3 is 1.27 bits per heavy atom. The van der Waals surface area contributed by atoms with Crippen molar-refractivity contribution in [2.75, 3.05) is 160 Å². The summed E-state index contributed by atoms with van der Waals surface area (Å²) in [7, 11) is -4.72. The van der Waals surface area contributed by atoms with E-state index in [1.54, 1.807) is 35.0 Å². The number of carbonyl (C=O) groups excluding carboxylic acids is 3. The Morgan fingerprint density at radius 2 is 0.863 bits per heavy atom. The fourth-order valence-corrected chi connectivity index (χ4v) is 22.7. The number of urea groups is 1. The van der Waals surface area contributed by atoms with Gasteiger partial charge in [-0.25, -0.2) is 21.6 Å². The van der Waals surface area contributed by atoms with Gasteiger partial charge in [-0.2, -0.15) is 34.1 Å². The van der Waals surface area contributed by atoms with Crippen LogP contribution in [0.1, 0.15) is 96.5 Å². The summed E-state index contributed by atoms with van der Waals surface area (Å²) in [5.74, 6) is 0.666. The average Bonchev–Trinajstić information content (AvgIpc) is 1.76. The van der Waals surface area contributed by atoms with Crippen LogP contribution in [0.25, 0.3) is 54.5 Å². The van der Waals surface area contributed by atoms with Crippen LogP contribution in [-0.2, 0) is 34.4 Å². The van der Waals surface area contributed by atoms with Crippen molar-refractivity contribution >= 4 is 173 Å². The van der Waals surface area contributed by atoms with Crippen LogP contribution in [0.15, 0.2) is 122 Å². The number of sulfonamides is 2. The number of likely N-dealkylation sites (N-methyl/N-ethyl adjacent to an activating group) is 1. The summed E-state index contributed by atoms with van der Waals surface area (Å²) in [6.07, 6.45) is 21.6. The number of ether oxygens (including phenoxy) is 1. The number of piperidine rings is 2. The molecule has 6 N–H and O–H groups in total. The lowest BCUT2D eigenvalue weighted by Gasteiger charge is -2.56. The standard InChI is InChI=1S/C18H18ClN3.C18H27N5O3S.C16H19ClN4O.C15H16ClN5O2.C15H19ClN4O2S/c19-15-10-17-16(12-20-21-17)18(11-15)22-8-6-14(7-9-22)13-4-2-1-3-5-13;1-18(2)13-22(4-5-23(18)27(3,24)25)17-11-14(21-6-8-26-9-7-21)10-16-15(17)12-19-20-16;1-11(22)21-6-5-20(10-16(21)3-2-4-16)15-8-12(17)7-14-13(15)9-18-19-14;1-20-14(23)18-13(22)15(20)2-4-21(5-3-15)12-7-9(16)6-11-10(12)8-17-19-11;1-23(21,22)20-6-5-19(10-15(20)3-2-4-15)14-8-11(16)7-13-12(14)9-17-18-13/h1-5,10-12,14H,6-9H2,(H,20,21);10-12H,4-9,13H2,1-3H3,(H,19,20);7-9H,2-6,10H2,1H3,(H,18,19);6-8H,2-5H2,1H3,(H,17,19)(H,18,22,23);7-9H,2-6,10H2,1H3,(H,17,18). The molecule has 20 rings (SSSR count). The Morgan fingerprint density at radius 1 is 0.462 bits per heavy atom. The minimum Gasteiger partial charge on any atom is -0.378 e. The van der Waals surface area contributed by atoms with Crippen molar-refractivity contribution in [3.8, 4) is 0 Å². The molecule has 0 radical (unpaired) electrons. The van der Waals surface area contributed by atoms with E-state index < -0.39 is 31.1 Å². The maximum absolute atomic E-state index is 12.2. The Bertz CT molecular complexity index is 5730. The second kappa shape index (κ2) is 32.9. The monoisotopic (exact) mass is 1710 g/mol. The number of aromatic nitrogens is 10. The fraction of sp³-hybridized carbons (Fsp3) is 0.463. The van der Waals surface area contributed by atoms with Gasteiger partial charge in [0.1, 0.15) is 5.54 Å². The van der Waals surface area contributed by atoms with Crippen LogP contribution in [0.3, 0.4) is 0 Å². The predicted molar refractivity (Wildman–Crippen MR) is 464 cm³/mol. The number of imide groups is 1. The summed E-state index contributed by atoms with van der Waals surface area (Å²) >= 11 is 24.9. The van der Waals surface area contributed by atoms with E-state index in [0.717, 1.165) is 179 Å². The van der Waals surface area contributed by atoms with Gasteiger partial charge in [-0.15, -0.1) is 0 Å². The van der Waals surface area contributed by atoms with E-state index in [1.807, 2.05) is 74.9 Å². The topological polar surface area (TPSA) is 317 Å². The number of piperazine rings is 3. The van der Waals surface area contributed by atoms with Crippen molar-refractivity contribution in [3.63, 3.8) is 0 Å². The quantitative estimate of drug-likeness (QED) is 0.0731. The van der Waals surface area contributed by atoms with Crippen molar-refractivity contribution in [1.29, 1.82) is 0 Å². The second-order valence-electron chi connectivity index (χ2n) is 33.0. The number of hydrogen-bond acceptors (Lipinski definition) is 19. The fourth-order valence-electron chi connectivity index (χ4n) is 19.2. The van der Waals surface area contributed by atoms with E-state index in [9.17, 15) is 31.2 Å². The van der Waals surface area contributed by atoms with Crippen LogP contribution in [0.2, 0.25) is 20.1 Å². The Balaban J connectivity index is 0.000000110. The molecule has 6 aromatic carbocycles. The molecular weight excluding hydrogens is 1610 g/mol. The van der Waals surface area contributed by atoms with Gasteiger partial charge in [-0.3, -0.25) is 40.4 Å². The van der Waals surface area contributed by atoms with E-state index in [0.29, 0.717) is 86.2 Å². The van der Waals surface area contributed by atoms with Crippen LogP contribution in [-0.4, -0.2) is 257 Å². The number of nitrogens with zero attached hydrogens (tertiary/aromatic N) is 15. The first-order valence-corrected chi connectivity index (χ1v) is 45.2. The molecule has 2 saturated carbocycles. The number of H-pyrrole nitrogens is 5. The van der Waals surface area contributed by atoms with Gasteiger partial charge in [-0.1, -0.05) is 76.7 Å². The highest BCUT2D eigenvalue weighted by molar-refractivity contribution is 7.88. The van der Waals surface area contributed by atoms with Crippen LogP contribution in [0.4, 0.5) is 38.9 Å². The molecule has 11 aromatic rings. The van der Waals surface area contributed by atoms with Crippen molar-refractivity contribution in [1.82, 2.24) is 74.7 Å². The zero-order valence-electron chi connectivity index (χ0n) is 66.5. The zero-order valence-corrected chi connectivity index (χ0v) is 71.2. The highest BCUT2D eigenvalue weighted by Gasteiger charge is 2.54. The number of aromatic amines is 5. The van der Waals surface area contributed by atoms with E-state index in [-0.39, 0.29) is 28.9 Å². The molecule has 2 aliphatic carbocycles. The summed E-state index contributed by atoms with van der Waals surface area (Å²) in [5.41, 5.74) is 11.4. The molecule has 29 nitrogen and oxygen atoms in total. The van der Waals surface area contributed by atoms with Gasteiger partial charge in [0.25, 0.3) is 5.91 Å². The van der Waals surface area contributed by atoms with Crippen molar-refractivity contribution in [2.45, 2.75) is 113 Å². The third-order valence-corrected chi connectivity index (χ3v) is 29.1. The van der Waals surface area contributed by atoms with Gasteiger partial charge in [0.2, 0.25) is 26.0 Å². The number of anilines is 6. The van der Waals surface area contributed by atoms with Crippen LogP contribution in [0, 0.1) is 0 Å². The number of morpholine rings is 1. The highest BCUT2D eigenvalue weighted by Crippen LogP contribution is 2.47. The molecule has 35 heteroatoms. The molecule has 4 amide bonds. The lowest BCUT2D eigenvalue weighted by molar-refractivity contribution is -0.140. The SMILES string of the molecule is CC(=O)N1CCN(c2cc(Cl)cc3[nH]ncc23)CC12CCC2.CC1(C)CN(c2cc(N3CCOCC3)cc3[nH]ncc23)CCN1S(C)(=O)=O.CN1C(=O)NC(=O)C12CCN(c1cc(Cl)cc3[nH]ncc13)CC2.CS(=O)(=O)N1CCN(c2cc(Cl)cc3[nH]ncc23)CC12CCC2.Clc1cc(N2CCC(c3ccccc3)CC2)c2cn[nH]c2c1. The number of rotatable bonds is 9. The van der Waals surface area contributed by atoms with Crippen molar-refractivity contribution in [3.05, 3.63) is 148 Å². The maximum atomic E-state index is 12.2. The average molecular weight is 1710 g/mol. The molecule has 9 aliphatic rings. The summed E-state index contributed by atoms with van der Waals surface area (Å²) in [6.45, 7) is 18.5. The molecule has 117 heavy (non-hydrogen) atoms. The van der Waals surface area contributed by atoms with Crippen LogP contribution < -0.4 is 34.7 Å². The Hall–Kier alpha value is -9.18. The van der Waals surface area contributed by atoms with Crippen molar-refractivity contribution in [2.24, 2.45) is 0 Å². The van der Waals surface area contributed by atoms with Gasteiger partial charge in [0.05, 0.1) is 95.4 Å². The number of carbonyl (C=O) groups is 3. The van der Waals surface area contributed by atoms with Gasteiger partial charge in [0, 0.05) is 199 Å².